The molecule has 1 amide bonds. The maximum atomic E-state index is 13.1. The molecule has 0 bridgehead atoms. The van der Waals surface area contributed by atoms with Crippen LogP contribution in [0.15, 0.2) is 18.2 Å². The third kappa shape index (κ3) is 12.0. The second-order valence-corrected chi connectivity index (χ2v) is 12.5. The molecule has 0 aromatic heterocycles. The van der Waals surface area contributed by atoms with Crippen molar-refractivity contribution < 1.29 is 24.1 Å². The molecule has 1 aromatic carbocycles. The monoisotopic (exact) mass is 562 g/mol. The minimum Gasteiger partial charge on any atom is -0.493 e. The number of amides is 1. The van der Waals surface area contributed by atoms with E-state index in [1.807, 2.05) is 6.07 Å². The van der Waals surface area contributed by atoms with Gasteiger partial charge in [0.25, 0.3) is 0 Å². The first-order valence-corrected chi connectivity index (χ1v) is 15.7. The van der Waals surface area contributed by atoms with E-state index in [4.69, 9.17) is 19.9 Å². The van der Waals surface area contributed by atoms with Gasteiger partial charge in [-0.25, -0.2) is 0 Å². The zero-order valence-corrected chi connectivity index (χ0v) is 26.1. The van der Waals surface area contributed by atoms with Gasteiger partial charge in [0.05, 0.1) is 19.8 Å². The summed E-state index contributed by atoms with van der Waals surface area (Å²) in [5, 5.41) is 14.4. The quantitative estimate of drug-likeness (QED) is 0.155. The summed E-state index contributed by atoms with van der Waals surface area (Å²) in [6, 6.07) is 5.68. The fourth-order valence-corrected chi connectivity index (χ4v) is 5.81. The van der Waals surface area contributed by atoms with Crippen LogP contribution in [-0.2, 0) is 16.0 Å². The number of aliphatic hydroxyl groups is 1. The Balaban J connectivity index is 1.97. The normalized spacial score (nSPS) is 17.8. The molecule has 0 saturated heterocycles. The van der Waals surface area contributed by atoms with Gasteiger partial charge in [-0.2, -0.15) is 0 Å². The van der Waals surface area contributed by atoms with E-state index in [0.29, 0.717) is 43.6 Å². The maximum Gasteiger partial charge on any atom is 0.223 e. The van der Waals surface area contributed by atoms with Crippen LogP contribution in [0.5, 0.6) is 11.5 Å². The molecule has 0 heterocycles. The Hall–Kier alpha value is -1.83. The summed E-state index contributed by atoms with van der Waals surface area (Å²) in [5.74, 6) is 2.64. The Morgan fingerprint density at radius 1 is 1.00 bits per heavy atom. The number of hydrogen-bond donors (Lipinski definition) is 3. The lowest BCUT2D eigenvalue weighted by atomic mass is 9.80. The van der Waals surface area contributed by atoms with Crippen molar-refractivity contribution in [3.05, 3.63) is 23.8 Å². The molecule has 1 aromatic rings. The van der Waals surface area contributed by atoms with Crippen molar-refractivity contribution in [2.75, 3.05) is 34.0 Å². The van der Waals surface area contributed by atoms with Gasteiger partial charge in [-0.05, 0) is 73.5 Å². The van der Waals surface area contributed by atoms with Gasteiger partial charge in [0.2, 0.25) is 5.91 Å². The molecule has 2 rings (SSSR count). The molecule has 1 aliphatic carbocycles. The maximum absolute atomic E-state index is 13.1. The van der Waals surface area contributed by atoms with Crippen LogP contribution in [0.1, 0.15) is 91.0 Å². The second-order valence-electron chi connectivity index (χ2n) is 12.5. The fraction of sp³-hybridized carbons (Fsp3) is 0.788. The summed E-state index contributed by atoms with van der Waals surface area (Å²) in [4.78, 5) is 13.1. The number of rotatable bonds is 18. The number of nitrogens with one attached hydrogen (secondary N) is 1. The van der Waals surface area contributed by atoms with Gasteiger partial charge in [0, 0.05) is 38.6 Å². The molecule has 4 N–H and O–H groups in total. The molecule has 7 nitrogen and oxygen atoms in total. The first-order valence-electron chi connectivity index (χ1n) is 15.7. The molecular formula is C33H58N2O5. The zero-order chi connectivity index (χ0) is 29.5. The van der Waals surface area contributed by atoms with Crippen molar-refractivity contribution in [2.45, 2.75) is 104 Å². The van der Waals surface area contributed by atoms with E-state index in [2.05, 4.69) is 45.1 Å². The molecule has 1 aliphatic rings. The SMILES string of the molecule is COCCCOc1cc(C[C@@H](C[C@H](N)[C@@H](O)C[C@H](C(=O)NCC2CCCCCC2)C(C)C)C(C)C)ccc1OC. The lowest BCUT2D eigenvalue weighted by Gasteiger charge is -2.30. The Labute approximate surface area is 243 Å². The van der Waals surface area contributed by atoms with E-state index in [9.17, 15) is 9.90 Å². The highest BCUT2D eigenvalue weighted by Crippen LogP contribution is 2.32. The van der Waals surface area contributed by atoms with Gasteiger partial charge in [0.1, 0.15) is 0 Å². The molecule has 1 fully saturated rings. The summed E-state index contributed by atoms with van der Waals surface area (Å²) in [6.07, 6.45) is 9.52. The lowest BCUT2D eigenvalue weighted by Crippen LogP contribution is -2.43. The Kier molecular flexibility index (Phi) is 16.0. The molecule has 7 heteroatoms. The first-order chi connectivity index (χ1) is 19.2. The molecule has 0 aliphatic heterocycles. The summed E-state index contributed by atoms with van der Waals surface area (Å²) < 4.78 is 16.6. The topological polar surface area (TPSA) is 103 Å². The predicted molar refractivity (Wildman–Crippen MR) is 163 cm³/mol. The van der Waals surface area contributed by atoms with E-state index < -0.39 is 12.1 Å². The highest BCUT2D eigenvalue weighted by Gasteiger charge is 2.30. The van der Waals surface area contributed by atoms with Crippen molar-refractivity contribution in [3.63, 3.8) is 0 Å². The number of carbonyl (C=O) groups excluding carboxylic acids is 1. The van der Waals surface area contributed by atoms with E-state index in [-0.39, 0.29) is 23.7 Å². The molecule has 0 unspecified atom stereocenters. The molecular weight excluding hydrogens is 504 g/mol. The van der Waals surface area contributed by atoms with Crippen LogP contribution in [0.3, 0.4) is 0 Å². The average molecular weight is 563 g/mol. The van der Waals surface area contributed by atoms with Crippen LogP contribution in [-0.4, -0.2) is 57.1 Å². The van der Waals surface area contributed by atoms with Gasteiger partial charge in [-0.15, -0.1) is 0 Å². The van der Waals surface area contributed by atoms with Crippen LogP contribution in [0.25, 0.3) is 0 Å². The Morgan fingerprint density at radius 3 is 2.30 bits per heavy atom. The molecule has 1 saturated carbocycles. The first kappa shape index (κ1) is 34.4. The van der Waals surface area contributed by atoms with Crippen molar-refractivity contribution in [1.82, 2.24) is 5.32 Å². The van der Waals surface area contributed by atoms with E-state index >= 15 is 0 Å². The van der Waals surface area contributed by atoms with Gasteiger partial charge in [-0.3, -0.25) is 4.79 Å². The van der Waals surface area contributed by atoms with E-state index in [1.165, 1.54) is 38.5 Å². The molecule has 0 spiro atoms. The smallest absolute Gasteiger partial charge is 0.223 e. The summed E-state index contributed by atoms with van der Waals surface area (Å²) in [7, 11) is 3.34. The Bertz CT molecular complexity index is 838. The number of methoxy groups -OCH3 is 2. The number of aliphatic hydroxyl groups excluding tert-OH is 1. The minimum atomic E-state index is -0.729. The molecule has 40 heavy (non-hydrogen) atoms. The van der Waals surface area contributed by atoms with E-state index in [0.717, 1.165) is 30.7 Å². The van der Waals surface area contributed by atoms with E-state index in [1.54, 1.807) is 14.2 Å². The third-order valence-corrected chi connectivity index (χ3v) is 8.66. The minimum absolute atomic E-state index is 0.0576. The van der Waals surface area contributed by atoms with Gasteiger partial charge >= 0.3 is 0 Å². The lowest BCUT2D eigenvalue weighted by molar-refractivity contribution is -0.127. The average Bonchev–Trinajstić information content (AvgIpc) is 3.21. The van der Waals surface area contributed by atoms with Gasteiger partial charge in [-0.1, -0.05) is 59.4 Å². The van der Waals surface area contributed by atoms with Crippen LogP contribution in [0, 0.1) is 29.6 Å². The summed E-state index contributed by atoms with van der Waals surface area (Å²) in [6.45, 7) is 10.5. The fourth-order valence-electron chi connectivity index (χ4n) is 5.81. The van der Waals surface area contributed by atoms with Crippen molar-refractivity contribution in [2.24, 2.45) is 35.3 Å². The second kappa shape index (κ2) is 18.6. The highest BCUT2D eigenvalue weighted by molar-refractivity contribution is 5.78. The van der Waals surface area contributed by atoms with Gasteiger partial charge < -0.3 is 30.4 Å². The molecule has 0 radical (unpaired) electrons. The number of nitrogens with two attached hydrogens (primary N) is 1. The van der Waals surface area contributed by atoms with Crippen LogP contribution in [0.4, 0.5) is 0 Å². The van der Waals surface area contributed by atoms with Crippen LogP contribution < -0.4 is 20.5 Å². The summed E-state index contributed by atoms with van der Waals surface area (Å²) in [5.41, 5.74) is 7.75. The predicted octanol–water partition coefficient (Wildman–Crippen LogP) is 5.75. The third-order valence-electron chi connectivity index (χ3n) is 8.66. The van der Waals surface area contributed by atoms with Crippen LogP contribution >= 0.6 is 0 Å². The number of benzene rings is 1. The van der Waals surface area contributed by atoms with Crippen molar-refractivity contribution in [3.8, 4) is 11.5 Å². The van der Waals surface area contributed by atoms with Gasteiger partial charge in [0.15, 0.2) is 11.5 Å². The number of carbonyl (C=O) groups is 1. The van der Waals surface area contributed by atoms with Crippen LogP contribution in [0.2, 0.25) is 0 Å². The molecule has 230 valence electrons. The zero-order valence-electron chi connectivity index (χ0n) is 26.1. The van der Waals surface area contributed by atoms with Crippen molar-refractivity contribution >= 4 is 5.91 Å². The molecule has 4 atom stereocenters. The highest BCUT2D eigenvalue weighted by atomic mass is 16.5. The summed E-state index contributed by atoms with van der Waals surface area (Å²) >= 11 is 0. The van der Waals surface area contributed by atoms with Crippen molar-refractivity contribution in [1.29, 1.82) is 0 Å². The largest absolute Gasteiger partial charge is 0.493 e. The number of hydrogen-bond acceptors (Lipinski definition) is 6. The standard InChI is InChI=1S/C33H58N2O5/c1-23(2)27(18-26-14-15-31(39-6)32(19-26)40-17-11-16-38-5)20-29(34)30(36)21-28(24(3)4)33(37)35-22-25-12-9-7-8-10-13-25/h14-15,19,23-25,27-30,36H,7-13,16-18,20-22,34H2,1-6H3,(H,35,37)/t27-,28-,29-,30-/m0/s1. The number of ether oxygens (including phenoxy) is 3. The Morgan fingerprint density at radius 2 is 1.70 bits per heavy atom.